The highest BCUT2D eigenvalue weighted by Gasteiger charge is 2.07. The Bertz CT molecular complexity index is 522. The van der Waals surface area contributed by atoms with E-state index in [9.17, 15) is 0 Å². The van der Waals surface area contributed by atoms with Crippen LogP contribution in [-0.4, -0.2) is 6.61 Å². The van der Waals surface area contributed by atoms with Gasteiger partial charge in [0.25, 0.3) is 0 Å². The molecule has 2 rings (SSSR count). The monoisotopic (exact) mass is 255 g/mol. The summed E-state index contributed by atoms with van der Waals surface area (Å²) in [5, 5.41) is 0. The molecule has 2 N–H and O–H groups in total. The molecular formula is C17H21NO. The van der Waals surface area contributed by atoms with Crippen LogP contribution in [0.5, 0.6) is 5.75 Å². The van der Waals surface area contributed by atoms with Crippen molar-refractivity contribution in [1.82, 2.24) is 0 Å². The fourth-order valence-corrected chi connectivity index (χ4v) is 1.98. The Morgan fingerprint density at radius 2 is 1.74 bits per heavy atom. The first-order valence-electron chi connectivity index (χ1n) is 6.67. The summed E-state index contributed by atoms with van der Waals surface area (Å²) in [5.74, 6) is 0.898. The van der Waals surface area contributed by atoms with E-state index in [0.29, 0.717) is 6.61 Å². The Labute approximate surface area is 115 Å². The SMILES string of the molecule is Cc1ccc(C(N)CCOc2ccccc2)cc1C. The van der Waals surface area contributed by atoms with Crippen LogP contribution in [-0.2, 0) is 0 Å². The standard InChI is InChI=1S/C17H21NO/c1-13-8-9-15(12-14(13)2)17(18)10-11-19-16-6-4-3-5-7-16/h3-9,12,17H,10-11,18H2,1-2H3. The van der Waals surface area contributed by atoms with Gasteiger partial charge in [-0.05, 0) is 42.7 Å². The second-order valence-electron chi connectivity index (χ2n) is 4.90. The second kappa shape index (κ2) is 6.39. The van der Waals surface area contributed by atoms with Crippen LogP contribution in [0.15, 0.2) is 48.5 Å². The smallest absolute Gasteiger partial charge is 0.119 e. The van der Waals surface area contributed by atoms with Gasteiger partial charge in [0.05, 0.1) is 6.61 Å². The van der Waals surface area contributed by atoms with Crippen molar-refractivity contribution in [3.63, 3.8) is 0 Å². The lowest BCUT2D eigenvalue weighted by molar-refractivity contribution is 0.298. The van der Waals surface area contributed by atoms with Crippen LogP contribution in [0, 0.1) is 13.8 Å². The zero-order chi connectivity index (χ0) is 13.7. The molecule has 100 valence electrons. The molecular weight excluding hydrogens is 234 g/mol. The topological polar surface area (TPSA) is 35.2 Å². The molecule has 0 amide bonds. The highest BCUT2D eigenvalue weighted by atomic mass is 16.5. The van der Waals surface area contributed by atoms with E-state index in [-0.39, 0.29) is 6.04 Å². The zero-order valence-electron chi connectivity index (χ0n) is 11.6. The summed E-state index contributed by atoms with van der Waals surface area (Å²) in [6, 6.07) is 16.3. The molecule has 2 aromatic rings. The normalized spacial score (nSPS) is 12.2. The Morgan fingerprint density at radius 3 is 2.42 bits per heavy atom. The Morgan fingerprint density at radius 1 is 1.00 bits per heavy atom. The Balaban J connectivity index is 1.87. The van der Waals surface area contributed by atoms with Gasteiger partial charge in [0.2, 0.25) is 0 Å². The number of hydrogen-bond donors (Lipinski definition) is 1. The minimum atomic E-state index is 0.0306. The van der Waals surface area contributed by atoms with E-state index < -0.39 is 0 Å². The van der Waals surface area contributed by atoms with Crippen molar-refractivity contribution in [2.24, 2.45) is 5.73 Å². The van der Waals surface area contributed by atoms with Crippen LogP contribution >= 0.6 is 0 Å². The van der Waals surface area contributed by atoms with Crippen LogP contribution in [0.1, 0.15) is 29.2 Å². The lowest BCUT2D eigenvalue weighted by Crippen LogP contribution is -2.14. The maximum Gasteiger partial charge on any atom is 0.119 e. The Hall–Kier alpha value is -1.80. The molecule has 2 heteroatoms. The largest absolute Gasteiger partial charge is 0.494 e. The molecule has 0 fully saturated rings. The van der Waals surface area contributed by atoms with Gasteiger partial charge >= 0.3 is 0 Å². The molecule has 1 atom stereocenters. The van der Waals surface area contributed by atoms with E-state index in [0.717, 1.165) is 12.2 Å². The third-order valence-corrected chi connectivity index (χ3v) is 3.40. The molecule has 1 unspecified atom stereocenters. The van der Waals surface area contributed by atoms with Crippen LogP contribution in [0.4, 0.5) is 0 Å². The number of para-hydroxylation sites is 1. The summed E-state index contributed by atoms with van der Waals surface area (Å²) in [4.78, 5) is 0. The molecule has 0 saturated carbocycles. The van der Waals surface area contributed by atoms with Crippen molar-refractivity contribution in [2.45, 2.75) is 26.3 Å². The number of ether oxygens (including phenoxy) is 1. The molecule has 0 bridgehead atoms. The third-order valence-electron chi connectivity index (χ3n) is 3.40. The highest BCUT2D eigenvalue weighted by Crippen LogP contribution is 2.18. The van der Waals surface area contributed by atoms with Crippen LogP contribution < -0.4 is 10.5 Å². The van der Waals surface area contributed by atoms with E-state index in [1.807, 2.05) is 30.3 Å². The van der Waals surface area contributed by atoms with Crippen molar-refractivity contribution in [2.75, 3.05) is 6.61 Å². The lowest BCUT2D eigenvalue weighted by atomic mass is 10.00. The van der Waals surface area contributed by atoms with E-state index in [2.05, 4.69) is 32.0 Å². The summed E-state index contributed by atoms with van der Waals surface area (Å²) < 4.78 is 5.67. The van der Waals surface area contributed by atoms with Gasteiger partial charge in [-0.3, -0.25) is 0 Å². The Kier molecular flexibility index (Phi) is 4.58. The third kappa shape index (κ3) is 3.83. The molecule has 0 aromatic heterocycles. The van der Waals surface area contributed by atoms with E-state index in [1.165, 1.54) is 16.7 Å². The predicted molar refractivity (Wildman–Crippen MR) is 79.4 cm³/mol. The molecule has 0 saturated heterocycles. The van der Waals surface area contributed by atoms with Gasteiger partial charge in [0.15, 0.2) is 0 Å². The summed E-state index contributed by atoms with van der Waals surface area (Å²) in [6.45, 7) is 4.87. The van der Waals surface area contributed by atoms with Crippen molar-refractivity contribution in [1.29, 1.82) is 0 Å². The number of hydrogen-bond acceptors (Lipinski definition) is 2. The molecule has 0 heterocycles. The molecule has 19 heavy (non-hydrogen) atoms. The fourth-order valence-electron chi connectivity index (χ4n) is 1.98. The first kappa shape index (κ1) is 13.6. The minimum Gasteiger partial charge on any atom is -0.494 e. The maximum absolute atomic E-state index is 6.20. The molecule has 0 aliphatic rings. The quantitative estimate of drug-likeness (QED) is 0.882. The van der Waals surface area contributed by atoms with E-state index in [1.54, 1.807) is 0 Å². The number of nitrogens with two attached hydrogens (primary N) is 1. The first-order valence-corrected chi connectivity index (χ1v) is 6.67. The molecule has 0 radical (unpaired) electrons. The van der Waals surface area contributed by atoms with Crippen LogP contribution in [0.3, 0.4) is 0 Å². The fraction of sp³-hybridized carbons (Fsp3) is 0.294. The molecule has 0 aliphatic heterocycles. The summed E-state index contributed by atoms with van der Waals surface area (Å²) in [6.07, 6.45) is 0.817. The van der Waals surface area contributed by atoms with Crippen molar-refractivity contribution in [3.8, 4) is 5.75 Å². The molecule has 0 aliphatic carbocycles. The number of aryl methyl sites for hydroxylation is 2. The average molecular weight is 255 g/mol. The van der Waals surface area contributed by atoms with Gasteiger partial charge in [-0.25, -0.2) is 0 Å². The molecule has 2 nitrogen and oxygen atoms in total. The first-order chi connectivity index (χ1) is 9.16. The van der Waals surface area contributed by atoms with Gasteiger partial charge in [-0.1, -0.05) is 36.4 Å². The van der Waals surface area contributed by atoms with Crippen molar-refractivity contribution in [3.05, 3.63) is 65.2 Å². The summed E-state index contributed by atoms with van der Waals surface area (Å²) in [7, 11) is 0. The van der Waals surface area contributed by atoms with Crippen LogP contribution in [0.2, 0.25) is 0 Å². The highest BCUT2D eigenvalue weighted by molar-refractivity contribution is 5.31. The summed E-state index contributed by atoms with van der Waals surface area (Å²) in [5.41, 5.74) is 9.97. The van der Waals surface area contributed by atoms with Gasteiger partial charge in [-0.2, -0.15) is 0 Å². The second-order valence-corrected chi connectivity index (χ2v) is 4.90. The predicted octanol–water partition coefficient (Wildman–Crippen LogP) is 3.77. The summed E-state index contributed by atoms with van der Waals surface area (Å²) >= 11 is 0. The number of benzene rings is 2. The zero-order valence-corrected chi connectivity index (χ0v) is 11.6. The van der Waals surface area contributed by atoms with Gasteiger partial charge in [0, 0.05) is 12.5 Å². The van der Waals surface area contributed by atoms with Gasteiger partial charge < -0.3 is 10.5 Å². The van der Waals surface area contributed by atoms with Crippen LogP contribution in [0.25, 0.3) is 0 Å². The lowest BCUT2D eigenvalue weighted by Gasteiger charge is -2.14. The van der Waals surface area contributed by atoms with Gasteiger partial charge in [-0.15, -0.1) is 0 Å². The number of rotatable bonds is 5. The minimum absolute atomic E-state index is 0.0306. The maximum atomic E-state index is 6.20. The average Bonchev–Trinajstić information content (AvgIpc) is 2.43. The van der Waals surface area contributed by atoms with Crippen molar-refractivity contribution < 1.29 is 4.74 Å². The molecule has 2 aromatic carbocycles. The van der Waals surface area contributed by atoms with Gasteiger partial charge in [0.1, 0.15) is 5.75 Å². The van der Waals surface area contributed by atoms with E-state index in [4.69, 9.17) is 10.5 Å². The van der Waals surface area contributed by atoms with Crippen molar-refractivity contribution >= 4 is 0 Å². The molecule has 0 spiro atoms. The van der Waals surface area contributed by atoms with E-state index >= 15 is 0 Å².